The summed E-state index contributed by atoms with van der Waals surface area (Å²) in [4.78, 5) is 0. The smallest absolute Gasteiger partial charge is 0.122 e. The highest BCUT2D eigenvalue weighted by atomic mass is 16.5. The Labute approximate surface area is 138 Å². The van der Waals surface area contributed by atoms with Gasteiger partial charge >= 0.3 is 0 Å². The first-order valence-electron chi connectivity index (χ1n) is 7.85. The zero-order chi connectivity index (χ0) is 16.5. The fourth-order valence-corrected chi connectivity index (χ4v) is 2.13. The van der Waals surface area contributed by atoms with Crippen LogP contribution in [0.4, 0.5) is 5.69 Å². The van der Waals surface area contributed by atoms with Crippen molar-refractivity contribution < 1.29 is 14.2 Å². The maximum absolute atomic E-state index is 5.83. The third-order valence-corrected chi connectivity index (χ3v) is 3.44. The fourth-order valence-electron chi connectivity index (χ4n) is 2.13. The number of ether oxygens (including phenoxy) is 3. The molecule has 2 rings (SSSR count). The molecule has 0 aliphatic rings. The van der Waals surface area contributed by atoms with Crippen LogP contribution in [0.25, 0.3) is 0 Å². The van der Waals surface area contributed by atoms with Crippen molar-refractivity contribution in [3.63, 3.8) is 0 Å². The molecule has 2 aromatic carbocycles. The van der Waals surface area contributed by atoms with Gasteiger partial charge in [-0.1, -0.05) is 12.1 Å². The lowest BCUT2D eigenvalue weighted by Gasteiger charge is -2.12. The molecule has 0 amide bonds. The van der Waals surface area contributed by atoms with E-state index in [4.69, 9.17) is 14.2 Å². The van der Waals surface area contributed by atoms with Gasteiger partial charge < -0.3 is 19.5 Å². The van der Waals surface area contributed by atoms with Crippen LogP contribution in [0.15, 0.2) is 42.5 Å². The number of methoxy groups -OCH3 is 1. The largest absolute Gasteiger partial charge is 0.491 e. The molecular formula is C19H25NO3. The van der Waals surface area contributed by atoms with Gasteiger partial charge in [0.2, 0.25) is 0 Å². The van der Waals surface area contributed by atoms with Crippen molar-refractivity contribution in [1.82, 2.24) is 0 Å². The lowest BCUT2D eigenvalue weighted by Crippen LogP contribution is -2.12. The molecule has 4 nitrogen and oxygen atoms in total. The first kappa shape index (κ1) is 17.2. The Morgan fingerprint density at radius 2 is 1.65 bits per heavy atom. The molecule has 0 atom stereocenters. The molecule has 0 saturated heterocycles. The van der Waals surface area contributed by atoms with Gasteiger partial charge in [-0.25, -0.2) is 0 Å². The standard InChI is InChI=1S/C19H25NO3/c1-15-4-5-16(2)19(14-15)23-11-10-20-17-6-8-18(9-7-17)22-13-12-21-3/h4-9,14,20H,10-13H2,1-3H3. The minimum atomic E-state index is 0.562. The predicted octanol–water partition coefficient (Wildman–Crippen LogP) is 3.82. The van der Waals surface area contributed by atoms with E-state index in [0.717, 1.165) is 29.3 Å². The number of benzene rings is 2. The molecule has 2 aromatic rings. The summed E-state index contributed by atoms with van der Waals surface area (Å²) in [5, 5.41) is 3.34. The fraction of sp³-hybridized carbons (Fsp3) is 0.368. The van der Waals surface area contributed by atoms with E-state index in [9.17, 15) is 0 Å². The summed E-state index contributed by atoms with van der Waals surface area (Å²) in [6, 6.07) is 14.1. The summed E-state index contributed by atoms with van der Waals surface area (Å²) in [6.07, 6.45) is 0. The molecule has 0 aromatic heterocycles. The average Bonchev–Trinajstić information content (AvgIpc) is 2.56. The van der Waals surface area contributed by atoms with Crippen molar-refractivity contribution in [3.05, 3.63) is 53.6 Å². The maximum Gasteiger partial charge on any atom is 0.122 e. The van der Waals surface area contributed by atoms with E-state index in [2.05, 4.69) is 37.4 Å². The summed E-state index contributed by atoms with van der Waals surface area (Å²) in [7, 11) is 1.66. The van der Waals surface area contributed by atoms with Gasteiger partial charge in [-0.3, -0.25) is 0 Å². The van der Waals surface area contributed by atoms with Gasteiger partial charge in [-0.05, 0) is 55.3 Å². The van der Waals surface area contributed by atoms with Crippen LogP contribution in [0, 0.1) is 13.8 Å². The highest BCUT2D eigenvalue weighted by molar-refractivity contribution is 5.46. The molecule has 0 bridgehead atoms. The van der Waals surface area contributed by atoms with Gasteiger partial charge in [-0.2, -0.15) is 0 Å². The van der Waals surface area contributed by atoms with Gasteiger partial charge in [0.1, 0.15) is 24.7 Å². The number of rotatable bonds is 9. The van der Waals surface area contributed by atoms with Crippen LogP contribution in [0.2, 0.25) is 0 Å². The molecule has 0 aliphatic heterocycles. The summed E-state index contributed by atoms with van der Waals surface area (Å²) in [5.41, 5.74) is 3.42. The second kappa shape index (κ2) is 9.06. The van der Waals surface area contributed by atoms with Crippen molar-refractivity contribution in [2.45, 2.75) is 13.8 Å². The van der Waals surface area contributed by atoms with E-state index in [1.165, 1.54) is 5.56 Å². The molecule has 4 heteroatoms. The number of hydrogen-bond donors (Lipinski definition) is 1. The summed E-state index contributed by atoms with van der Waals surface area (Å²) < 4.78 is 16.3. The number of hydrogen-bond acceptors (Lipinski definition) is 4. The van der Waals surface area contributed by atoms with Crippen LogP contribution in [0.1, 0.15) is 11.1 Å². The van der Waals surface area contributed by atoms with Gasteiger partial charge in [0.05, 0.1) is 6.61 Å². The SMILES string of the molecule is COCCOc1ccc(NCCOc2cc(C)ccc2C)cc1. The molecule has 0 heterocycles. The third kappa shape index (κ3) is 5.83. The minimum absolute atomic E-state index is 0.562. The molecule has 1 N–H and O–H groups in total. The molecular weight excluding hydrogens is 290 g/mol. The average molecular weight is 315 g/mol. The second-order valence-electron chi connectivity index (χ2n) is 5.41. The van der Waals surface area contributed by atoms with Crippen molar-refractivity contribution in [2.75, 3.05) is 38.8 Å². The zero-order valence-electron chi connectivity index (χ0n) is 14.1. The van der Waals surface area contributed by atoms with Crippen molar-refractivity contribution in [3.8, 4) is 11.5 Å². The normalized spacial score (nSPS) is 10.4. The molecule has 124 valence electrons. The topological polar surface area (TPSA) is 39.7 Å². The molecule has 0 radical (unpaired) electrons. The molecule has 0 unspecified atom stereocenters. The Bertz CT molecular complexity index is 596. The molecule has 0 spiro atoms. The van der Waals surface area contributed by atoms with Gasteiger partial charge in [0.25, 0.3) is 0 Å². The predicted molar refractivity (Wildman–Crippen MR) is 93.7 cm³/mol. The van der Waals surface area contributed by atoms with Crippen molar-refractivity contribution in [2.24, 2.45) is 0 Å². The lowest BCUT2D eigenvalue weighted by atomic mass is 10.1. The van der Waals surface area contributed by atoms with Crippen LogP contribution < -0.4 is 14.8 Å². The minimum Gasteiger partial charge on any atom is -0.491 e. The Hall–Kier alpha value is -2.20. The first-order valence-corrected chi connectivity index (χ1v) is 7.85. The lowest BCUT2D eigenvalue weighted by molar-refractivity contribution is 0.146. The van der Waals surface area contributed by atoms with Crippen molar-refractivity contribution >= 4 is 5.69 Å². The Kier molecular flexibility index (Phi) is 6.76. The first-order chi connectivity index (χ1) is 11.2. The van der Waals surface area contributed by atoms with E-state index in [0.29, 0.717) is 19.8 Å². The summed E-state index contributed by atoms with van der Waals surface area (Å²) in [5.74, 6) is 1.80. The Balaban J connectivity index is 1.72. The van der Waals surface area contributed by atoms with Crippen molar-refractivity contribution in [1.29, 1.82) is 0 Å². The highest BCUT2D eigenvalue weighted by Crippen LogP contribution is 2.19. The monoisotopic (exact) mass is 315 g/mol. The summed E-state index contributed by atoms with van der Waals surface area (Å²) in [6.45, 7) is 6.65. The van der Waals surface area contributed by atoms with E-state index >= 15 is 0 Å². The quantitative estimate of drug-likeness (QED) is 0.714. The number of nitrogens with one attached hydrogen (secondary N) is 1. The van der Waals surface area contributed by atoms with Crippen LogP contribution in [0.3, 0.4) is 0 Å². The van der Waals surface area contributed by atoms with Crippen LogP contribution in [-0.2, 0) is 4.74 Å². The van der Waals surface area contributed by atoms with Crippen LogP contribution in [-0.4, -0.2) is 33.5 Å². The second-order valence-corrected chi connectivity index (χ2v) is 5.41. The zero-order valence-corrected chi connectivity index (χ0v) is 14.1. The molecule has 0 aliphatic carbocycles. The summed E-state index contributed by atoms with van der Waals surface area (Å²) >= 11 is 0. The molecule has 0 saturated carbocycles. The van der Waals surface area contributed by atoms with E-state index in [-0.39, 0.29) is 0 Å². The number of aryl methyl sites for hydroxylation is 2. The Morgan fingerprint density at radius 3 is 2.39 bits per heavy atom. The highest BCUT2D eigenvalue weighted by Gasteiger charge is 2.00. The van der Waals surface area contributed by atoms with Crippen LogP contribution >= 0.6 is 0 Å². The van der Waals surface area contributed by atoms with Gasteiger partial charge in [0.15, 0.2) is 0 Å². The molecule has 0 fully saturated rings. The van der Waals surface area contributed by atoms with Gasteiger partial charge in [-0.15, -0.1) is 0 Å². The van der Waals surface area contributed by atoms with Crippen LogP contribution in [0.5, 0.6) is 11.5 Å². The van der Waals surface area contributed by atoms with E-state index in [1.807, 2.05) is 24.3 Å². The molecule has 23 heavy (non-hydrogen) atoms. The van der Waals surface area contributed by atoms with E-state index in [1.54, 1.807) is 7.11 Å². The maximum atomic E-state index is 5.83. The third-order valence-electron chi connectivity index (χ3n) is 3.44. The number of anilines is 1. The van der Waals surface area contributed by atoms with E-state index < -0.39 is 0 Å². The Morgan fingerprint density at radius 1 is 0.870 bits per heavy atom. The van der Waals surface area contributed by atoms with Gasteiger partial charge in [0, 0.05) is 19.3 Å².